The summed E-state index contributed by atoms with van der Waals surface area (Å²) in [6.45, 7) is 1.78. The normalized spacial score (nSPS) is 35.9. The third kappa shape index (κ3) is 4.19. The van der Waals surface area contributed by atoms with Crippen molar-refractivity contribution in [3.05, 3.63) is 0 Å². The molecule has 0 aromatic heterocycles. The molecule has 2 N–H and O–H groups in total. The van der Waals surface area contributed by atoms with Gasteiger partial charge in [-0.15, -0.1) is 12.4 Å². The summed E-state index contributed by atoms with van der Waals surface area (Å²) in [6.07, 6.45) is 10.6. The van der Waals surface area contributed by atoms with E-state index in [2.05, 4.69) is 10.6 Å². The van der Waals surface area contributed by atoms with Crippen LogP contribution in [0.3, 0.4) is 0 Å². The molecule has 0 unspecified atom stereocenters. The summed E-state index contributed by atoms with van der Waals surface area (Å²) < 4.78 is 0. The van der Waals surface area contributed by atoms with E-state index in [0.717, 1.165) is 43.7 Å². The van der Waals surface area contributed by atoms with Crippen LogP contribution in [-0.2, 0) is 9.59 Å². The standard InChI is InChI=1S/C20H33N3O2.ClH/c1-21-17-2-4-23(5-3-17)19(25)13-22-18(24)12-20-9-14-6-15(10-20)8-16(7-14)11-20;/h14-17,21H,2-13H2,1H3,(H,22,24);1H. The van der Waals surface area contributed by atoms with Crippen molar-refractivity contribution in [3.63, 3.8) is 0 Å². The first kappa shape index (κ1) is 19.9. The van der Waals surface area contributed by atoms with Crippen molar-refractivity contribution in [1.82, 2.24) is 15.5 Å². The molecule has 1 aliphatic heterocycles. The second-order valence-electron chi connectivity index (χ2n) is 9.31. The monoisotopic (exact) mass is 383 g/mol. The van der Waals surface area contributed by atoms with Gasteiger partial charge in [0.15, 0.2) is 0 Å². The number of nitrogens with zero attached hydrogens (tertiary/aromatic N) is 1. The molecule has 6 heteroatoms. The molecular formula is C20H34ClN3O2. The molecule has 2 amide bonds. The van der Waals surface area contributed by atoms with Gasteiger partial charge in [0, 0.05) is 25.6 Å². The van der Waals surface area contributed by atoms with Gasteiger partial charge < -0.3 is 15.5 Å². The minimum atomic E-state index is 0. The van der Waals surface area contributed by atoms with Crippen molar-refractivity contribution in [2.45, 2.75) is 63.8 Å². The van der Waals surface area contributed by atoms with Gasteiger partial charge in [0.2, 0.25) is 11.8 Å². The van der Waals surface area contributed by atoms with Gasteiger partial charge in [0.25, 0.3) is 0 Å². The summed E-state index contributed by atoms with van der Waals surface area (Å²) in [4.78, 5) is 26.8. The van der Waals surface area contributed by atoms with E-state index in [1.54, 1.807) is 0 Å². The smallest absolute Gasteiger partial charge is 0.241 e. The molecule has 5 fully saturated rings. The maximum Gasteiger partial charge on any atom is 0.241 e. The van der Waals surface area contributed by atoms with Crippen LogP contribution in [0.1, 0.15) is 57.8 Å². The summed E-state index contributed by atoms with van der Waals surface area (Å²) in [7, 11) is 1.98. The topological polar surface area (TPSA) is 61.4 Å². The number of rotatable bonds is 5. The van der Waals surface area contributed by atoms with Crippen LogP contribution in [0.2, 0.25) is 0 Å². The second kappa shape index (κ2) is 8.05. The molecule has 26 heavy (non-hydrogen) atoms. The van der Waals surface area contributed by atoms with Crippen LogP contribution in [0.25, 0.3) is 0 Å². The molecule has 0 aromatic rings. The lowest BCUT2D eigenvalue weighted by atomic mass is 9.49. The Morgan fingerprint density at radius 2 is 1.54 bits per heavy atom. The Bertz CT molecular complexity index is 496. The van der Waals surface area contributed by atoms with Crippen LogP contribution in [0.15, 0.2) is 0 Å². The van der Waals surface area contributed by atoms with Gasteiger partial charge >= 0.3 is 0 Å². The first-order valence-electron chi connectivity index (χ1n) is 10.3. The molecule has 0 radical (unpaired) electrons. The fourth-order valence-corrected chi connectivity index (χ4v) is 6.61. The van der Waals surface area contributed by atoms with Gasteiger partial charge in [-0.3, -0.25) is 9.59 Å². The Morgan fingerprint density at radius 3 is 2.04 bits per heavy atom. The maximum atomic E-state index is 12.5. The lowest BCUT2D eigenvalue weighted by molar-refractivity contribution is -0.136. The molecule has 0 atom stereocenters. The third-order valence-corrected chi connectivity index (χ3v) is 7.39. The lowest BCUT2D eigenvalue weighted by Crippen LogP contribution is -2.49. The summed E-state index contributed by atoms with van der Waals surface area (Å²) in [5.74, 6) is 2.78. The average molecular weight is 384 g/mol. The highest BCUT2D eigenvalue weighted by molar-refractivity contribution is 5.85. The van der Waals surface area contributed by atoms with Crippen molar-refractivity contribution in [3.8, 4) is 0 Å². The zero-order valence-electron chi connectivity index (χ0n) is 16.0. The van der Waals surface area contributed by atoms with E-state index in [0.29, 0.717) is 12.5 Å². The number of nitrogens with one attached hydrogen (secondary N) is 2. The number of hydrogen-bond donors (Lipinski definition) is 2. The van der Waals surface area contributed by atoms with Crippen LogP contribution in [0.5, 0.6) is 0 Å². The van der Waals surface area contributed by atoms with Crippen LogP contribution in [0.4, 0.5) is 0 Å². The van der Waals surface area contributed by atoms with Gasteiger partial charge in [-0.25, -0.2) is 0 Å². The summed E-state index contributed by atoms with van der Waals surface area (Å²) >= 11 is 0. The van der Waals surface area contributed by atoms with Crippen LogP contribution in [-0.4, -0.2) is 49.4 Å². The summed E-state index contributed by atoms with van der Waals surface area (Å²) in [6, 6.07) is 0.523. The number of hydrogen-bond acceptors (Lipinski definition) is 3. The number of amides is 2. The largest absolute Gasteiger partial charge is 0.347 e. The van der Waals surface area contributed by atoms with Gasteiger partial charge in [-0.1, -0.05) is 0 Å². The molecule has 4 saturated carbocycles. The van der Waals surface area contributed by atoms with Crippen molar-refractivity contribution in [2.75, 3.05) is 26.7 Å². The van der Waals surface area contributed by atoms with E-state index in [1.807, 2.05) is 11.9 Å². The lowest BCUT2D eigenvalue weighted by Gasteiger charge is -2.56. The Labute approximate surface area is 163 Å². The molecule has 148 valence electrons. The molecule has 4 bridgehead atoms. The molecule has 5 nitrogen and oxygen atoms in total. The Kier molecular flexibility index (Phi) is 6.18. The number of halogens is 1. The van der Waals surface area contributed by atoms with E-state index in [4.69, 9.17) is 0 Å². The summed E-state index contributed by atoms with van der Waals surface area (Å²) in [5, 5.41) is 6.21. The first-order chi connectivity index (χ1) is 12.0. The van der Waals surface area contributed by atoms with E-state index < -0.39 is 0 Å². The average Bonchev–Trinajstić information content (AvgIpc) is 2.58. The van der Waals surface area contributed by atoms with Crippen LogP contribution in [0, 0.1) is 23.2 Å². The Morgan fingerprint density at radius 1 is 1.00 bits per heavy atom. The molecule has 5 rings (SSSR count). The predicted octanol–water partition coefficient (Wildman–Crippen LogP) is 2.34. The van der Waals surface area contributed by atoms with E-state index >= 15 is 0 Å². The van der Waals surface area contributed by atoms with Gasteiger partial charge in [-0.05, 0) is 81.6 Å². The molecular weight excluding hydrogens is 350 g/mol. The zero-order chi connectivity index (χ0) is 17.4. The molecule has 1 heterocycles. The molecule has 4 aliphatic carbocycles. The highest BCUT2D eigenvalue weighted by Crippen LogP contribution is 2.61. The fourth-order valence-electron chi connectivity index (χ4n) is 6.61. The molecule has 5 aliphatic rings. The van der Waals surface area contributed by atoms with Crippen LogP contribution >= 0.6 is 12.4 Å². The van der Waals surface area contributed by atoms with E-state index in [9.17, 15) is 9.59 Å². The highest BCUT2D eigenvalue weighted by atomic mass is 35.5. The molecule has 0 spiro atoms. The van der Waals surface area contributed by atoms with E-state index in [-0.39, 0.29) is 36.2 Å². The number of carbonyl (C=O) groups excluding carboxylic acids is 2. The van der Waals surface area contributed by atoms with E-state index in [1.165, 1.54) is 38.5 Å². The Balaban J connectivity index is 0.00000196. The number of piperidine rings is 1. The van der Waals surface area contributed by atoms with Gasteiger partial charge in [0.05, 0.1) is 6.54 Å². The third-order valence-electron chi connectivity index (χ3n) is 7.39. The van der Waals surface area contributed by atoms with Crippen molar-refractivity contribution < 1.29 is 9.59 Å². The van der Waals surface area contributed by atoms with Crippen molar-refractivity contribution in [1.29, 1.82) is 0 Å². The van der Waals surface area contributed by atoms with Crippen LogP contribution < -0.4 is 10.6 Å². The summed E-state index contributed by atoms with van der Waals surface area (Å²) in [5.41, 5.74) is 0.257. The number of likely N-dealkylation sites (tertiary alicyclic amines) is 1. The number of carbonyl (C=O) groups is 2. The Hall–Kier alpha value is -0.810. The molecule has 1 saturated heterocycles. The highest BCUT2D eigenvalue weighted by Gasteiger charge is 2.51. The predicted molar refractivity (Wildman–Crippen MR) is 104 cm³/mol. The molecule has 0 aromatic carbocycles. The van der Waals surface area contributed by atoms with Gasteiger partial charge in [-0.2, -0.15) is 0 Å². The van der Waals surface area contributed by atoms with Gasteiger partial charge in [0.1, 0.15) is 0 Å². The minimum absolute atomic E-state index is 0. The maximum absolute atomic E-state index is 12.5. The first-order valence-corrected chi connectivity index (χ1v) is 10.3. The second-order valence-corrected chi connectivity index (χ2v) is 9.31. The fraction of sp³-hybridized carbons (Fsp3) is 0.900. The zero-order valence-corrected chi connectivity index (χ0v) is 16.8. The van der Waals surface area contributed by atoms with Crippen molar-refractivity contribution >= 4 is 24.2 Å². The minimum Gasteiger partial charge on any atom is -0.347 e. The van der Waals surface area contributed by atoms with Crippen molar-refractivity contribution in [2.24, 2.45) is 23.2 Å². The quantitative estimate of drug-likeness (QED) is 0.766. The SMILES string of the molecule is CNC1CCN(C(=O)CNC(=O)CC23CC4CC(CC(C4)C2)C3)CC1.Cl.